The van der Waals surface area contributed by atoms with Crippen LogP contribution in [0.15, 0.2) is 24.3 Å². The van der Waals surface area contributed by atoms with Crippen molar-refractivity contribution in [2.45, 2.75) is 128 Å². The predicted octanol–water partition coefficient (Wildman–Crippen LogP) is 7.71. The molecule has 0 saturated heterocycles. The summed E-state index contributed by atoms with van der Waals surface area (Å²) in [5, 5.41) is 8.59. The number of likely N-dealkylation sites (N-methyl/N-ethyl adjacent to an activating group) is 1. The van der Waals surface area contributed by atoms with Crippen molar-refractivity contribution in [1.82, 2.24) is 0 Å². The van der Waals surface area contributed by atoms with Gasteiger partial charge in [-0.25, -0.2) is 0 Å². The molecule has 0 spiro atoms. The molecule has 0 fully saturated rings. The van der Waals surface area contributed by atoms with Crippen LogP contribution in [0.2, 0.25) is 0 Å². The zero-order valence-electron chi connectivity index (χ0n) is 22.9. The third-order valence-corrected chi connectivity index (χ3v) is 7.72. The number of rotatable bonds is 23. The molecule has 202 valence electrons. The molecule has 0 aromatic heterocycles. The highest BCUT2D eigenvalue weighted by Crippen LogP contribution is 2.52. The second-order valence-electron chi connectivity index (χ2n) is 11.1. The fraction of sp³-hybridized carbons (Fsp3) is 0.857. The summed E-state index contributed by atoms with van der Waals surface area (Å²) in [6.45, 7) is 2.31. The van der Waals surface area contributed by atoms with E-state index in [1.54, 1.807) is 0 Å². The standard InChI is InChI=1S/C28H56NO4P/c1-5-6-7-8-9-10-11-12-13-14-15-16-17-18-19-20-21-22-23-24-25-26-28(30,34(31,32)33)27-29(2,3)4/h13-14,22-23,30H,5-12,15-21,24-27H2,1-4H3,(H-,31,32,33)/p+1/b14-13-,23-22-. The monoisotopic (exact) mass is 502 g/mol. The number of unbranched alkanes of at least 4 members (excludes halogenated alkanes) is 14. The van der Waals surface area contributed by atoms with E-state index in [0.29, 0.717) is 10.9 Å². The number of allylic oxidation sites excluding steroid dienone is 4. The van der Waals surface area contributed by atoms with E-state index < -0.39 is 12.9 Å². The fourth-order valence-corrected chi connectivity index (χ4v) is 5.38. The topological polar surface area (TPSA) is 77.8 Å². The van der Waals surface area contributed by atoms with E-state index in [1.807, 2.05) is 21.1 Å². The highest BCUT2D eigenvalue weighted by atomic mass is 31.2. The second-order valence-corrected chi connectivity index (χ2v) is 13.0. The van der Waals surface area contributed by atoms with Crippen LogP contribution in [0.25, 0.3) is 0 Å². The van der Waals surface area contributed by atoms with E-state index in [9.17, 15) is 19.5 Å². The van der Waals surface area contributed by atoms with Crippen LogP contribution in [-0.2, 0) is 4.57 Å². The maximum absolute atomic E-state index is 11.8. The van der Waals surface area contributed by atoms with Crippen LogP contribution in [0.5, 0.6) is 0 Å². The van der Waals surface area contributed by atoms with Gasteiger partial charge >= 0.3 is 7.60 Å². The minimum Gasteiger partial charge on any atom is -0.373 e. The first-order chi connectivity index (χ1) is 16.0. The number of hydrogen-bond acceptors (Lipinski definition) is 2. The Kier molecular flexibility index (Phi) is 19.4. The molecular weight excluding hydrogens is 445 g/mol. The van der Waals surface area contributed by atoms with E-state index in [0.717, 1.165) is 12.8 Å². The Bertz CT molecular complexity index is 579. The average molecular weight is 503 g/mol. The van der Waals surface area contributed by atoms with E-state index in [2.05, 4.69) is 31.2 Å². The Labute approximate surface area is 211 Å². The second kappa shape index (κ2) is 19.7. The number of aliphatic hydroxyl groups is 1. The summed E-state index contributed by atoms with van der Waals surface area (Å²) < 4.78 is 12.1. The molecule has 0 aliphatic carbocycles. The van der Waals surface area contributed by atoms with Gasteiger partial charge in [-0.15, -0.1) is 0 Å². The fourth-order valence-electron chi connectivity index (χ4n) is 4.32. The maximum Gasteiger partial charge on any atom is 0.362 e. The lowest BCUT2D eigenvalue weighted by Gasteiger charge is -2.35. The Morgan fingerprint density at radius 2 is 1.00 bits per heavy atom. The van der Waals surface area contributed by atoms with Crippen LogP contribution in [0.3, 0.4) is 0 Å². The van der Waals surface area contributed by atoms with Gasteiger partial charge in [0.05, 0.1) is 21.1 Å². The highest BCUT2D eigenvalue weighted by Gasteiger charge is 2.48. The van der Waals surface area contributed by atoms with Crippen molar-refractivity contribution in [2.75, 3.05) is 27.7 Å². The minimum atomic E-state index is -4.57. The molecule has 6 heteroatoms. The molecule has 0 heterocycles. The van der Waals surface area contributed by atoms with Gasteiger partial charge < -0.3 is 19.4 Å². The van der Waals surface area contributed by atoms with Crippen LogP contribution in [0.4, 0.5) is 0 Å². The third-order valence-electron chi connectivity index (χ3n) is 6.27. The van der Waals surface area contributed by atoms with Gasteiger partial charge in [-0.2, -0.15) is 0 Å². The van der Waals surface area contributed by atoms with Gasteiger partial charge in [0.2, 0.25) is 5.34 Å². The number of quaternary nitrogens is 1. The Morgan fingerprint density at radius 1 is 0.647 bits per heavy atom. The number of nitrogens with zero attached hydrogens (tertiary/aromatic N) is 1. The summed E-state index contributed by atoms with van der Waals surface area (Å²) >= 11 is 0. The molecule has 0 amide bonds. The molecule has 0 aromatic rings. The van der Waals surface area contributed by atoms with Crippen molar-refractivity contribution in [3.63, 3.8) is 0 Å². The van der Waals surface area contributed by atoms with Gasteiger partial charge in [0.15, 0.2) is 0 Å². The summed E-state index contributed by atoms with van der Waals surface area (Å²) in [5.74, 6) is 0. The molecule has 34 heavy (non-hydrogen) atoms. The van der Waals surface area contributed by atoms with Crippen molar-refractivity contribution in [3.8, 4) is 0 Å². The van der Waals surface area contributed by atoms with Crippen LogP contribution in [0, 0.1) is 0 Å². The molecule has 1 unspecified atom stereocenters. The predicted molar refractivity (Wildman–Crippen MR) is 147 cm³/mol. The van der Waals surface area contributed by atoms with Crippen LogP contribution < -0.4 is 0 Å². The summed E-state index contributed by atoms with van der Waals surface area (Å²) in [5.41, 5.74) is 0. The lowest BCUT2D eigenvalue weighted by atomic mass is 10.1. The first-order valence-corrected chi connectivity index (χ1v) is 15.5. The largest absolute Gasteiger partial charge is 0.373 e. The smallest absolute Gasteiger partial charge is 0.362 e. The minimum absolute atomic E-state index is 0.0377. The molecule has 0 saturated carbocycles. The van der Waals surface area contributed by atoms with Crippen molar-refractivity contribution in [1.29, 1.82) is 0 Å². The lowest BCUT2D eigenvalue weighted by molar-refractivity contribution is -0.875. The number of hydrogen-bond donors (Lipinski definition) is 3. The van der Waals surface area contributed by atoms with Crippen LogP contribution >= 0.6 is 7.60 Å². The molecular formula is C28H57NO4P+. The van der Waals surface area contributed by atoms with Crippen molar-refractivity contribution in [3.05, 3.63) is 24.3 Å². The SMILES string of the molecule is CCCCCCCCC/C=C\CCCCCCC/C=C\CCCC(O)(C[N+](C)(C)C)P(=O)(O)O. The Hall–Kier alpha value is -0.450. The van der Waals surface area contributed by atoms with E-state index in [1.165, 1.54) is 89.9 Å². The molecule has 5 nitrogen and oxygen atoms in total. The highest BCUT2D eigenvalue weighted by molar-refractivity contribution is 7.53. The Morgan fingerprint density at radius 3 is 1.35 bits per heavy atom. The van der Waals surface area contributed by atoms with Gasteiger partial charge in [-0.05, 0) is 57.8 Å². The van der Waals surface area contributed by atoms with Crippen LogP contribution in [-0.4, -0.2) is 52.4 Å². The molecule has 0 bridgehead atoms. The van der Waals surface area contributed by atoms with Gasteiger partial charge in [0, 0.05) is 0 Å². The lowest BCUT2D eigenvalue weighted by Crippen LogP contribution is -2.49. The van der Waals surface area contributed by atoms with Crippen molar-refractivity contribution < 1.29 is 23.9 Å². The summed E-state index contributed by atoms with van der Waals surface area (Å²) in [7, 11) is 0.917. The summed E-state index contributed by atoms with van der Waals surface area (Å²) in [6, 6.07) is 0. The zero-order chi connectivity index (χ0) is 25.8. The van der Waals surface area contributed by atoms with Crippen molar-refractivity contribution >= 4 is 7.60 Å². The van der Waals surface area contributed by atoms with Gasteiger partial charge in [-0.1, -0.05) is 89.0 Å². The van der Waals surface area contributed by atoms with E-state index >= 15 is 0 Å². The van der Waals surface area contributed by atoms with Gasteiger partial charge in [0.1, 0.15) is 6.54 Å². The first-order valence-electron chi connectivity index (χ1n) is 13.9. The summed E-state index contributed by atoms with van der Waals surface area (Å²) in [4.78, 5) is 19.2. The molecule has 0 aliphatic heterocycles. The normalized spacial score (nSPS) is 14.9. The zero-order valence-corrected chi connectivity index (χ0v) is 23.8. The maximum atomic E-state index is 11.8. The molecule has 3 N–H and O–H groups in total. The molecule has 1 atom stereocenters. The molecule has 0 aliphatic rings. The van der Waals surface area contributed by atoms with Gasteiger partial charge in [-0.3, -0.25) is 4.57 Å². The Balaban J connectivity index is 3.63. The van der Waals surface area contributed by atoms with Crippen LogP contribution in [0.1, 0.15) is 122 Å². The van der Waals surface area contributed by atoms with Crippen molar-refractivity contribution in [2.24, 2.45) is 0 Å². The van der Waals surface area contributed by atoms with Gasteiger partial charge in [0.25, 0.3) is 0 Å². The molecule has 0 aromatic carbocycles. The summed E-state index contributed by atoms with van der Waals surface area (Å²) in [6.07, 6.45) is 30.0. The molecule has 0 radical (unpaired) electrons. The van der Waals surface area contributed by atoms with E-state index in [4.69, 9.17) is 0 Å². The quantitative estimate of drug-likeness (QED) is 0.0578. The first kappa shape index (κ1) is 33.5. The van der Waals surface area contributed by atoms with E-state index in [-0.39, 0.29) is 13.0 Å². The average Bonchev–Trinajstić information content (AvgIpc) is 2.73. The third kappa shape index (κ3) is 19.8. The molecule has 0 rings (SSSR count).